The van der Waals surface area contributed by atoms with Crippen molar-refractivity contribution in [3.63, 3.8) is 0 Å². The Morgan fingerprint density at radius 2 is 1.64 bits per heavy atom. The second-order valence-corrected chi connectivity index (χ2v) is 4.86. The van der Waals surface area contributed by atoms with E-state index in [1.54, 1.807) is 20.3 Å². The summed E-state index contributed by atoms with van der Waals surface area (Å²) < 4.78 is 10.5. The molecule has 22 heavy (non-hydrogen) atoms. The van der Waals surface area contributed by atoms with Crippen LogP contribution >= 0.6 is 0 Å². The van der Waals surface area contributed by atoms with Gasteiger partial charge in [-0.25, -0.2) is 4.79 Å². The number of aromatic amines is 1. The average molecular weight is 297 g/mol. The summed E-state index contributed by atoms with van der Waals surface area (Å²) in [6.45, 7) is 0. The summed E-state index contributed by atoms with van der Waals surface area (Å²) in [6.07, 6.45) is 0. The van der Waals surface area contributed by atoms with E-state index in [2.05, 4.69) is 4.98 Å². The second-order valence-electron chi connectivity index (χ2n) is 4.86. The summed E-state index contributed by atoms with van der Waals surface area (Å²) in [4.78, 5) is 13.9. The highest BCUT2D eigenvalue weighted by atomic mass is 16.5. The lowest BCUT2D eigenvalue weighted by atomic mass is 10.0. The molecule has 0 atom stereocenters. The van der Waals surface area contributed by atoms with Crippen LogP contribution in [0.4, 0.5) is 0 Å². The number of hydrogen-bond acceptors (Lipinski definition) is 3. The lowest BCUT2D eigenvalue weighted by molar-refractivity contribution is 0.0691. The number of rotatable bonds is 4. The molecule has 1 heterocycles. The Hall–Kier alpha value is -2.95. The number of carboxylic acid groups (broad SMARTS) is 1. The minimum Gasteiger partial charge on any atom is -0.493 e. The Balaban J connectivity index is 2.08. The van der Waals surface area contributed by atoms with Crippen LogP contribution < -0.4 is 9.47 Å². The number of hydrogen-bond donors (Lipinski definition) is 2. The molecule has 0 aliphatic heterocycles. The van der Waals surface area contributed by atoms with E-state index in [-0.39, 0.29) is 5.69 Å². The summed E-state index contributed by atoms with van der Waals surface area (Å²) in [6, 6.07) is 13.0. The monoisotopic (exact) mass is 297 g/mol. The molecule has 0 aliphatic carbocycles. The molecule has 0 spiro atoms. The maximum atomic E-state index is 11.0. The molecular formula is C17H15NO4. The van der Waals surface area contributed by atoms with Gasteiger partial charge in [-0.2, -0.15) is 0 Å². The van der Waals surface area contributed by atoms with Crippen molar-refractivity contribution in [1.82, 2.24) is 4.98 Å². The first-order valence-corrected chi connectivity index (χ1v) is 6.71. The molecule has 0 amide bonds. The summed E-state index contributed by atoms with van der Waals surface area (Å²) in [5.74, 6) is 0.349. The number of aromatic carboxylic acids is 1. The van der Waals surface area contributed by atoms with Crippen LogP contribution in [0.5, 0.6) is 11.5 Å². The molecule has 112 valence electrons. The van der Waals surface area contributed by atoms with E-state index in [4.69, 9.17) is 14.6 Å². The van der Waals surface area contributed by atoms with Gasteiger partial charge in [-0.1, -0.05) is 18.2 Å². The molecule has 0 fully saturated rings. The Kier molecular flexibility index (Phi) is 3.47. The molecule has 3 aromatic rings. The summed E-state index contributed by atoms with van der Waals surface area (Å²) in [5, 5.41) is 9.90. The quantitative estimate of drug-likeness (QED) is 0.772. The number of carboxylic acids is 1. The fourth-order valence-electron chi connectivity index (χ4n) is 2.44. The lowest BCUT2D eigenvalue weighted by Crippen LogP contribution is -1.94. The third-order valence-electron chi connectivity index (χ3n) is 3.57. The standard InChI is InChI=1S/C17H15NO4/c1-21-15-6-5-11(9-16(15)22-2)10-3-4-12-8-14(17(19)20)18-13(12)7-10/h3-9,18H,1-2H3,(H,19,20). The molecule has 5 heteroatoms. The van der Waals surface area contributed by atoms with Crippen molar-refractivity contribution < 1.29 is 19.4 Å². The van der Waals surface area contributed by atoms with Crippen molar-refractivity contribution in [2.45, 2.75) is 0 Å². The number of methoxy groups -OCH3 is 2. The van der Waals surface area contributed by atoms with Crippen molar-refractivity contribution in [1.29, 1.82) is 0 Å². The van der Waals surface area contributed by atoms with Crippen LogP contribution in [0.3, 0.4) is 0 Å². The van der Waals surface area contributed by atoms with Crippen LogP contribution in [0.1, 0.15) is 10.5 Å². The van der Waals surface area contributed by atoms with Gasteiger partial charge < -0.3 is 19.6 Å². The van der Waals surface area contributed by atoms with Crippen LogP contribution in [0.15, 0.2) is 42.5 Å². The third kappa shape index (κ3) is 2.37. The summed E-state index contributed by atoms with van der Waals surface area (Å²) in [5.41, 5.74) is 2.89. The molecule has 0 unspecified atom stereocenters. The molecule has 2 aromatic carbocycles. The van der Waals surface area contributed by atoms with Gasteiger partial charge in [0.05, 0.1) is 14.2 Å². The molecule has 1 aromatic heterocycles. The summed E-state index contributed by atoms with van der Waals surface area (Å²) in [7, 11) is 3.19. The zero-order chi connectivity index (χ0) is 15.7. The Labute approximate surface area is 127 Å². The highest BCUT2D eigenvalue weighted by Crippen LogP contribution is 2.33. The minimum absolute atomic E-state index is 0.180. The van der Waals surface area contributed by atoms with Gasteiger partial charge in [-0.05, 0) is 35.4 Å². The number of benzene rings is 2. The zero-order valence-corrected chi connectivity index (χ0v) is 12.2. The first-order chi connectivity index (χ1) is 10.6. The normalized spacial score (nSPS) is 10.6. The fourth-order valence-corrected chi connectivity index (χ4v) is 2.44. The van der Waals surface area contributed by atoms with Crippen LogP contribution in [0, 0.1) is 0 Å². The Bertz CT molecular complexity index is 851. The highest BCUT2D eigenvalue weighted by molar-refractivity contribution is 5.95. The molecule has 0 aliphatic rings. The first-order valence-electron chi connectivity index (χ1n) is 6.71. The molecule has 0 saturated heterocycles. The van der Waals surface area contributed by atoms with Gasteiger partial charge >= 0.3 is 5.97 Å². The number of nitrogens with one attached hydrogen (secondary N) is 1. The topological polar surface area (TPSA) is 71.5 Å². The predicted octanol–water partition coefficient (Wildman–Crippen LogP) is 3.55. The van der Waals surface area contributed by atoms with Crippen LogP contribution in [0.2, 0.25) is 0 Å². The molecule has 3 rings (SSSR count). The molecule has 2 N–H and O–H groups in total. The smallest absolute Gasteiger partial charge is 0.352 e. The van der Waals surface area contributed by atoms with Crippen LogP contribution in [0.25, 0.3) is 22.0 Å². The number of fused-ring (bicyclic) bond motifs is 1. The van der Waals surface area contributed by atoms with Gasteiger partial charge in [0.25, 0.3) is 0 Å². The van der Waals surface area contributed by atoms with Crippen molar-refractivity contribution in [3.05, 3.63) is 48.2 Å². The first kappa shape index (κ1) is 14.0. The molecular weight excluding hydrogens is 282 g/mol. The maximum Gasteiger partial charge on any atom is 0.352 e. The van der Waals surface area contributed by atoms with Gasteiger partial charge in [-0.3, -0.25) is 0 Å². The number of aromatic nitrogens is 1. The number of carbonyl (C=O) groups is 1. The van der Waals surface area contributed by atoms with E-state index in [9.17, 15) is 4.79 Å². The van der Waals surface area contributed by atoms with E-state index >= 15 is 0 Å². The fraction of sp³-hybridized carbons (Fsp3) is 0.118. The zero-order valence-electron chi connectivity index (χ0n) is 12.2. The van der Waals surface area contributed by atoms with Gasteiger partial charge in [0.15, 0.2) is 11.5 Å². The van der Waals surface area contributed by atoms with Gasteiger partial charge in [-0.15, -0.1) is 0 Å². The Morgan fingerprint density at radius 3 is 2.32 bits per heavy atom. The second kappa shape index (κ2) is 5.44. The Morgan fingerprint density at radius 1 is 0.955 bits per heavy atom. The minimum atomic E-state index is -0.969. The number of ether oxygens (including phenoxy) is 2. The predicted molar refractivity (Wildman–Crippen MR) is 83.8 cm³/mol. The molecule has 0 radical (unpaired) electrons. The number of H-pyrrole nitrogens is 1. The lowest BCUT2D eigenvalue weighted by Gasteiger charge is -2.09. The molecule has 0 bridgehead atoms. The van der Waals surface area contributed by atoms with Crippen molar-refractivity contribution in [2.75, 3.05) is 14.2 Å². The maximum absolute atomic E-state index is 11.0. The van der Waals surface area contributed by atoms with Gasteiger partial charge in [0.1, 0.15) is 5.69 Å². The van der Waals surface area contributed by atoms with Gasteiger partial charge in [0, 0.05) is 10.9 Å². The van der Waals surface area contributed by atoms with Crippen molar-refractivity contribution >= 4 is 16.9 Å². The van der Waals surface area contributed by atoms with E-state index in [0.717, 1.165) is 22.0 Å². The highest BCUT2D eigenvalue weighted by Gasteiger charge is 2.10. The third-order valence-corrected chi connectivity index (χ3v) is 3.57. The molecule has 5 nitrogen and oxygen atoms in total. The average Bonchev–Trinajstić information content (AvgIpc) is 2.97. The van der Waals surface area contributed by atoms with Crippen molar-refractivity contribution in [3.8, 4) is 22.6 Å². The van der Waals surface area contributed by atoms with Crippen LogP contribution in [-0.2, 0) is 0 Å². The summed E-state index contributed by atoms with van der Waals surface area (Å²) >= 11 is 0. The largest absolute Gasteiger partial charge is 0.493 e. The van der Waals surface area contributed by atoms with E-state index < -0.39 is 5.97 Å². The van der Waals surface area contributed by atoms with Gasteiger partial charge in [0.2, 0.25) is 0 Å². The molecule has 0 saturated carbocycles. The van der Waals surface area contributed by atoms with E-state index in [1.165, 1.54) is 0 Å². The van der Waals surface area contributed by atoms with Crippen LogP contribution in [-0.4, -0.2) is 30.3 Å². The van der Waals surface area contributed by atoms with Crippen molar-refractivity contribution in [2.24, 2.45) is 0 Å². The van der Waals surface area contributed by atoms with E-state index in [0.29, 0.717) is 11.5 Å². The van der Waals surface area contributed by atoms with E-state index in [1.807, 2.05) is 36.4 Å². The SMILES string of the molecule is COc1ccc(-c2ccc3cc(C(=O)O)[nH]c3c2)cc1OC.